The highest BCUT2D eigenvalue weighted by molar-refractivity contribution is 6.31. The average Bonchev–Trinajstić information content (AvgIpc) is 3.37. The maximum atomic E-state index is 12.3. The molecule has 0 bridgehead atoms. The molecule has 2 N–H and O–H groups in total. The number of carbonyl (C=O) groups excluding carboxylic acids is 1. The first kappa shape index (κ1) is 18.5. The Balaban J connectivity index is 1.35. The monoisotopic (exact) mass is 419 g/mol. The maximum absolute atomic E-state index is 12.3. The van der Waals surface area contributed by atoms with Crippen LogP contribution in [-0.2, 0) is 6.42 Å². The van der Waals surface area contributed by atoms with Crippen LogP contribution in [0.2, 0.25) is 5.02 Å². The normalized spacial score (nSPS) is 15.0. The second kappa shape index (κ2) is 7.39. The minimum Gasteiger partial charge on any atom is -0.619 e. The van der Waals surface area contributed by atoms with Crippen molar-refractivity contribution in [3.05, 3.63) is 88.5 Å². The molecule has 5 rings (SSSR count). The smallest absolute Gasteiger partial charge is 0.251 e. The number of rotatable bonds is 4. The Hall–Kier alpha value is -3.51. The second-order valence-corrected chi connectivity index (χ2v) is 7.76. The molecule has 2 aromatic heterocycles. The van der Waals surface area contributed by atoms with E-state index in [1.165, 1.54) is 24.5 Å². The molecule has 7 heteroatoms. The van der Waals surface area contributed by atoms with E-state index in [2.05, 4.69) is 16.4 Å². The molecule has 0 fully saturated rings. The zero-order valence-electron chi connectivity index (χ0n) is 15.9. The van der Waals surface area contributed by atoms with Gasteiger partial charge in [0.1, 0.15) is 11.9 Å². The van der Waals surface area contributed by atoms with Crippen molar-refractivity contribution in [2.45, 2.75) is 12.5 Å². The molecule has 1 aliphatic heterocycles. The van der Waals surface area contributed by atoms with E-state index in [-0.39, 0.29) is 12.0 Å². The predicted molar refractivity (Wildman–Crippen MR) is 115 cm³/mol. The van der Waals surface area contributed by atoms with Crippen molar-refractivity contribution in [2.24, 2.45) is 0 Å². The van der Waals surface area contributed by atoms with Gasteiger partial charge >= 0.3 is 0 Å². The molecule has 1 amide bonds. The molecule has 6 nitrogen and oxygen atoms in total. The summed E-state index contributed by atoms with van der Waals surface area (Å²) >= 11 is 6.38. The maximum Gasteiger partial charge on any atom is 0.251 e. The molecular formula is C23H18ClN3O3. The Bertz CT molecular complexity index is 1250. The highest BCUT2D eigenvalue weighted by atomic mass is 35.5. The van der Waals surface area contributed by atoms with Gasteiger partial charge in [0.15, 0.2) is 12.4 Å². The lowest BCUT2D eigenvalue weighted by atomic mass is 9.99. The topological polar surface area (TPSA) is 81.1 Å². The molecule has 1 atom stereocenters. The quantitative estimate of drug-likeness (QED) is 0.389. The number of fused-ring (bicyclic) bond motifs is 2. The number of aromatic amines is 1. The Kier molecular flexibility index (Phi) is 4.56. The number of hydrogen-bond acceptors (Lipinski definition) is 3. The van der Waals surface area contributed by atoms with Crippen LogP contribution in [0.5, 0.6) is 5.75 Å². The van der Waals surface area contributed by atoms with Crippen molar-refractivity contribution in [1.29, 1.82) is 0 Å². The van der Waals surface area contributed by atoms with Crippen LogP contribution in [-0.4, -0.2) is 23.5 Å². The lowest BCUT2D eigenvalue weighted by molar-refractivity contribution is -0.605. The summed E-state index contributed by atoms with van der Waals surface area (Å²) in [5, 5.41) is 15.8. The number of aromatic nitrogens is 2. The number of halogens is 1. The summed E-state index contributed by atoms with van der Waals surface area (Å²) in [5.41, 5.74) is 4.50. The highest BCUT2D eigenvalue weighted by Crippen LogP contribution is 2.41. The third-order valence-electron chi connectivity index (χ3n) is 5.28. The highest BCUT2D eigenvalue weighted by Gasteiger charge is 2.27. The minimum absolute atomic E-state index is 0.190. The lowest BCUT2D eigenvalue weighted by Gasteiger charge is -2.14. The number of ether oxygens (including phenoxy) is 1. The number of H-pyrrole nitrogens is 1. The summed E-state index contributed by atoms with van der Waals surface area (Å²) in [7, 11) is 0. The number of nitrogens with one attached hydrogen (secondary N) is 2. The van der Waals surface area contributed by atoms with Crippen molar-refractivity contribution >= 4 is 28.4 Å². The summed E-state index contributed by atoms with van der Waals surface area (Å²) < 4.78 is 6.85. The van der Waals surface area contributed by atoms with E-state index in [4.69, 9.17) is 16.3 Å². The summed E-state index contributed by atoms with van der Waals surface area (Å²) in [6.07, 6.45) is 4.98. The summed E-state index contributed by atoms with van der Waals surface area (Å²) in [6, 6.07) is 15.0. The molecule has 1 aliphatic rings. The average molecular weight is 420 g/mol. The fourth-order valence-electron chi connectivity index (χ4n) is 3.82. The summed E-state index contributed by atoms with van der Waals surface area (Å²) in [4.78, 5) is 15.5. The van der Waals surface area contributed by atoms with Crippen LogP contribution in [0.3, 0.4) is 0 Å². The molecule has 0 spiro atoms. The Labute approximate surface area is 177 Å². The zero-order valence-corrected chi connectivity index (χ0v) is 16.6. The number of benzene rings is 2. The van der Waals surface area contributed by atoms with Crippen LogP contribution in [0, 0.1) is 5.21 Å². The molecule has 150 valence electrons. The molecule has 0 radical (unpaired) electrons. The molecule has 3 heterocycles. The van der Waals surface area contributed by atoms with E-state index in [0.29, 0.717) is 28.3 Å². The van der Waals surface area contributed by atoms with Crippen molar-refractivity contribution in [3.8, 4) is 16.9 Å². The molecule has 0 saturated carbocycles. The molecule has 0 aliphatic carbocycles. The fourth-order valence-corrected chi connectivity index (χ4v) is 4.06. The van der Waals surface area contributed by atoms with Crippen LogP contribution in [0.4, 0.5) is 0 Å². The first-order chi connectivity index (χ1) is 14.6. The van der Waals surface area contributed by atoms with Gasteiger partial charge in [-0.25, -0.2) is 0 Å². The van der Waals surface area contributed by atoms with Crippen LogP contribution in [0.25, 0.3) is 22.0 Å². The van der Waals surface area contributed by atoms with Crippen molar-refractivity contribution in [2.75, 3.05) is 6.54 Å². The van der Waals surface area contributed by atoms with Crippen molar-refractivity contribution in [1.82, 2.24) is 10.3 Å². The van der Waals surface area contributed by atoms with Crippen molar-refractivity contribution in [3.63, 3.8) is 0 Å². The van der Waals surface area contributed by atoms with E-state index in [1.807, 2.05) is 36.5 Å². The number of amides is 1. The van der Waals surface area contributed by atoms with Crippen LogP contribution < -0.4 is 14.8 Å². The first-order valence-electron chi connectivity index (χ1n) is 9.60. The van der Waals surface area contributed by atoms with E-state index in [0.717, 1.165) is 33.3 Å². The zero-order chi connectivity index (χ0) is 20.7. The molecule has 0 unspecified atom stereocenters. The van der Waals surface area contributed by atoms with Gasteiger partial charge in [-0.1, -0.05) is 17.7 Å². The Morgan fingerprint density at radius 2 is 2.03 bits per heavy atom. The van der Waals surface area contributed by atoms with Gasteiger partial charge in [-0.15, -0.1) is 0 Å². The Morgan fingerprint density at radius 3 is 2.87 bits per heavy atom. The molecule has 2 aromatic carbocycles. The van der Waals surface area contributed by atoms with Gasteiger partial charge in [-0.3, -0.25) is 4.79 Å². The number of nitrogens with zero attached hydrogens (tertiary/aromatic N) is 1. The van der Waals surface area contributed by atoms with Gasteiger partial charge in [-0.05, 0) is 41.3 Å². The number of hydrogen-bond donors (Lipinski definition) is 2. The van der Waals surface area contributed by atoms with Crippen LogP contribution in [0.15, 0.2) is 67.1 Å². The van der Waals surface area contributed by atoms with Gasteiger partial charge in [0.2, 0.25) is 0 Å². The van der Waals surface area contributed by atoms with Gasteiger partial charge in [0, 0.05) is 46.4 Å². The van der Waals surface area contributed by atoms with Gasteiger partial charge < -0.3 is 20.2 Å². The van der Waals surface area contributed by atoms with Gasteiger partial charge in [0.05, 0.1) is 12.1 Å². The second-order valence-electron chi connectivity index (χ2n) is 7.32. The molecule has 4 aromatic rings. The largest absolute Gasteiger partial charge is 0.619 e. The van der Waals surface area contributed by atoms with Crippen LogP contribution in [0.1, 0.15) is 15.9 Å². The van der Waals surface area contributed by atoms with Crippen molar-refractivity contribution < 1.29 is 14.3 Å². The lowest BCUT2D eigenvalue weighted by Crippen LogP contribution is -2.35. The van der Waals surface area contributed by atoms with E-state index in [1.54, 1.807) is 0 Å². The SMILES string of the molecule is O=C(NC[C@@H]1Cc2cc(Cl)cc(-c3ccc4[nH]ccc4c3)c2O1)c1cc[n+]([O-])cc1. The molecular weight excluding hydrogens is 402 g/mol. The van der Waals surface area contributed by atoms with Gasteiger partial charge in [0.25, 0.3) is 5.91 Å². The third kappa shape index (κ3) is 3.46. The molecule has 0 saturated heterocycles. The van der Waals surface area contributed by atoms with Crippen LogP contribution >= 0.6 is 11.6 Å². The fraction of sp³-hybridized carbons (Fsp3) is 0.130. The van der Waals surface area contributed by atoms with E-state index in [9.17, 15) is 10.0 Å². The minimum atomic E-state index is -0.244. The Morgan fingerprint density at radius 1 is 1.20 bits per heavy atom. The first-order valence-corrected chi connectivity index (χ1v) is 9.98. The van der Waals surface area contributed by atoms with E-state index >= 15 is 0 Å². The number of carbonyl (C=O) groups is 1. The third-order valence-corrected chi connectivity index (χ3v) is 5.50. The van der Waals surface area contributed by atoms with Gasteiger partial charge in [-0.2, -0.15) is 4.73 Å². The number of pyridine rings is 1. The molecule has 30 heavy (non-hydrogen) atoms. The van der Waals surface area contributed by atoms with E-state index < -0.39 is 0 Å². The summed E-state index contributed by atoms with van der Waals surface area (Å²) in [5.74, 6) is 0.562. The summed E-state index contributed by atoms with van der Waals surface area (Å²) in [6.45, 7) is 0.355. The standard InChI is InChI=1S/C23H18ClN3O3/c24-18-10-17-11-19(13-26-23(28)14-4-7-27(29)8-5-14)30-22(17)20(12-18)15-1-2-21-16(9-15)3-6-25-21/h1-10,12,19,25H,11,13H2,(H,26,28)/t19-/m0/s1. The predicted octanol–water partition coefficient (Wildman–Crippen LogP) is 3.86.